The van der Waals surface area contributed by atoms with Crippen molar-refractivity contribution in [2.75, 3.05) is 6.61 Å². The topological polar surface area (TPSA) is 93.1 Å². The summed E-state index contributed by atoms with van der Waals surface area (Å²) >= 11 is 0. The molecule has 1 heterocycles. The van der Waals surface area contributed by atoms with Gasteiger partial charge in [-0.05, 0) is 55.4 Å². The van der Waals surface area contributed by atoms with E-state index >= 15 is 8.78 Å². The van der Waals surface area contributed by atoms with Gasteiger partial charge in [-0.3, -0.25) is 9.59 Å². The van der Waals surface area contributed by atoms with Crippen LogP contribution in [-0.4, -0.2) is 58.0 Å². The van der Waals surface area contributed by atoms with Crippen LogP contribution in [0.25, 0.3) is 0 Å². The van der Waals surface area contributed by atoms with Gasteiger partial charge < -0.3 is 19.7 Å². The number of ether oxygens (including phenoxy) is 2. The van der Waals surface area contributed by atoms with E-state index in [9.17, 15) is 28.6 Å². The monoisotopic (exact) mass is 550 g/mol. The fraction of sp³-hybridized carbons (Fsp3) is 0.586. The van der Waals surface area contributed by atoms with Crippen molar-refractivity contribution in [2.45, 2.75) is 76.0 Å². The lowest BCUT2D eigenvalue weighted by Gasteiger charge is -2.66. The third kappa shape index (κ3) is 2.91. The minimum atomic E-state index is -2.41. The first-order valence-electron chi connectivity index (χ1n) is 13.1. The highest BCUT2D eigenvalue weighted by Crippen LogP contribution is 2.77. The van der Waals surface area contributed by atoms with E-state index in [1.54, 1.807) is 13.8 Å². The molecule has 0 aromatic heterocycles. The number of halogens is 4. The van der Waals surface area contributed by atoms with Gasteiger partial charge in [0.25, 0.3) is 0 Å². The Labute approximate surface area is 222 Å². The highest BCUT2D eigenvalue weighted by molar-refractivity contribution is 6.01. The number of hydrogen-bond donors (Lipinski definition) is 2. The SMILES string of the molecule is C[C@]12C[C@H](O)[C@@]3(F)[C@@H](C[C@H](F)C4=CC(=O)C=C[C@@]43C)[C@]1(C)C[C@H]1O[C@@H](c3cccc(F)c3F)O[C@]12C(=O)CO. The van der Waals surface area contributed by atoms with Crippen LogP contribution >= 0.6 is 0 Å². The van der Waals surface area contributed by atoms with Gasteiger partial charge in [0.2, 0.25) is 0 Å². The van der Waals surface area contributed by atoms with Crippen LogP contribution in [0.2, 0.25) is 0 Å². The van der Waals surface area contributed by atoms with Crippen molar-refractivity contribution in [2.24, 2.45) is 22.2 Å². The minimum Gasteiger partial charge on any atom is -0.390 e. The van der Waals surface area contributed by atoms with Crippen LogP contribution in [0.1, 0.15) is 51.9 Å². The Hall–Kier alpha value is -2.40. The highest BCUT2D eigenvalue weighted by Gasteiger charge is 2.83. The first-order chi connectivity index (χ1) is 18.2. The maximum absolute atomic E-state index is 17.6. The molecule has 10 atom stereocenters. The molecule has 39 heavy (non-hydrogen) atoms. The number of benzene rings is 1. The van der Waals surface area contributed by atoms with Gasteiger partial charge in [0.15, 0.2) is 40.8 Å². The maximum Gasteiger partial charge on any atom is 0.193 e. The van der Waals surface area contributed by atoms with Gasteiger partial charge in [0.1, 0.15) is 12.8 Å². The summed E-state index contributed by atoms with van der Waals surface area (Å²) in [5.41, 5.74) is -8.94. The summed E-state index contributed by atoms with van der Waals surface area (Å²) in [5, 5.41) is 21.6. The van der Waals surface area contributed by atoms with E-state index < -0.39 is 87.9 Å². The molecule has 2 N–H and O–H groups in total. The van der Waals surface area contributed by atoms with Crippen LogP contribution in [0.15, 0.2) is 42.0 Å². The minimum absolute atomic E-state index is 0.0315. The lowest BCUT2D eigenvalue weighted by molar-refractivity contribution is -0.263. The molecule has 5 aliphatic rings. The van der Waals surface area contributed by atoms with E-state index in [0.717, 1.165) is 12.1 Å². The summed E-state index contributed by atoms with van der Waals surface area (Å²) < 4.78 is 74.3. The molecular weight excluding hydrogens is 520 g/mol. The van der Waals surface area contributed by atoms with Gasteiger partial charge in [-0.1, -0.05) is 32.1 Å². The summed E-state index contributed by atoms with van der Waals surface area (Å²) in [6.45, 7) is 3.82. The number of Topliss-reactive ketones (excluding diaryl/α,β-unsaturated/α-hetero) is 1. The number of aliphatic hydroxyl groups is 2. The number of rotatable bonds is 3. The molecule has 0 radical (unpaired) electrons. The molecule has 0 bridgehead atoms. The Balaban J connectivity index is 1.50. The Morgan fingerprint density at radius 3 is 2.59 bits per heavy atom. The van der Waals surface area contributed by atoms with Crippen molar-refractivity contribution in [3.05, 3.63) is 59.2 Å². The molecular formula is C29H30F4O6. The quantitative estimate of drug-likeness (QED) is 0.553. The molecule has 210 valence electrons. The molecule has 1 aliphatic heterocycles. The smallest absolute Gasteiger partial charge is 0.193 e. The molecule has 0 spiro atoms. The fourth-order valence-corrected chi connectivity index (χ4v) is 8.82. The maximum atomic E-state index is 17.6. The van der Waals surface area contributed by atoms with Crippen molar-refractivity contribution in [1.82, 2.24) is 0 Å². The first kappa shape index (κ1) is 26.8. The zero-order chi connectivity index (χ0) is 28.3. The van der Waals surface area contributed by atoms with Crippen molar-refractivity contribution < 1.29 is 46.8 Å². The van der Waals surface area contributed by atoms with Crippen molar-refractivity contribution >= 4 is 11.6 Å². The number of allylic oxidation sites excluding steroid dienone is 4. The molecule has 4 fully saturated rings. The van der Waals surface area contributed by atoms with E-state index in [0.29, 0.717) is 0 Å². The molecule has 3 saturated carbocycles. The van der Waals surface area contributed by atoms with Crippen LogP contribution in [0.3, 0.4) is 0 Å². The summed E-state index contributed by atoms with van der Waals surface area (Å²) in [5.74, 6) is -4.78. The summed E-state index contributed by atoms with van der Waals surface area (Å²) in [7, 11) is 0. The Kier molecular flexibility index (Phi) is 5.56. The molecule has 6 rings (SSSR count). The second kappa shape index (κ2) is 8.09. The Morgan fingerprint density at radius 2 is 1.90 bits per heavy atom. The number of ketones is 2. The zero-order valence-electron chi connectivity index (χ0n) is 21.7. The molecule has 0 unspecified atom stereocenters. The normalized spacial score (nSPS) is 48.2. The van der Waals surface area contributed by atoms with Crippen LogP contribution < -0.4 is 0 Å². The highest BCUT2D eigenvalue weighted by atomic mass is 19.2. The molecule has 0 amide bonds. The standard InChI is InChI=1S/C29H30F4O6/c1-25-8-7-14(35)9-16(25)18(31)10-19-26(2)12-22-29(21(37)13-34,27(26,3)11-20(36)28(19,25)33)39-24(38-22)15-5-4-6-17(30)23(15)32/h4-9,18-20,22,24,34,36H,10-13H2,1-3H3/t18-,19-,20-,22+,24+,25-,26-,27-,28-,29+/m0/s1. The third-order valence-electron chi connectivity index (χ3n) is 10.9. The Bertz CT molecular complexity index is 1350. The van der Waals surface area contributed by atoms with E-state index in [1.807, 2.05) is 0 Å². The molecule has 1 aromatic carbocycles. The number of fused-ring (bicyclic) bond motifs is 7. The summed E-state index contributed by atoms with van der Waals surface area (Å²) in [6.07, 6.45) is -3.18. The van der Waals surface area contributed by atoms with Crippen molar-refractivity contribution in [3.8, 4) is 0 Å². The molecule has 1 aromatic rings. The molecule has 1 saturated heterocycles. The lowest BCUT2D eigenvalue weighted by atomic mass is 9.39. The van der Waals surface area contributed by atoms with E-state index in [4.69, 9.17) is 9.47 Å². The van der Waals surface area contributed by atoms with E-state index in [1.165, 1.54) is 31.2 Å². The second-order valence-electron chi connectivity index (χ2n) is 12.3. The average Bonchev–Trinajstić information content (AvgIpc) is 3.35. The van der Waals surface area contributed by atoms with Gasteiger partial charge in [0.05, 0.1) is 12.2 Å². The molecule has 4 aliphatic carbocycles. The third-order valence-corrected chi connectivity index (χ3v) is 10.9. The second-order valence-corrected chi connectivity index (χ2v) is 12.3. The van der Waals surface area contributed by atoms with Crippen molar-refractivity contribution in [3.63, 3.8) is 0 Å². The van der Waals surface area contributed by atoms with Crippen LogP contribution in [0, 0.1) is 33.8 Å². The predicted octanol–water partition coefficient (Wildman–Crippen LogP) is 4.00. The Morgan fingerprint density at radius 1 is 1.18 bits per heavy atom. The predicted molar refractivity (Wildman–Crippen MR) is 129 cm³/mol. The van der Waals surface area contributed by atoms with Crippen LogP contribution in [-0.2, 0) is 19.1 Å². The largest absolute Gasteiger partial charge is 0.390 e. The molecule has 6 nitrogen and oxygen atoms in total. The van der Waals surface area contributed by atoms with Gasteiger partial charge >= 0.3 is 0 Å². The van der Waals surface area contributed by atoms with Gasteiger partial charge in [-0.15, -0.1) is 0 Å². The average molecular weight is 551 g/mol. The van der Waals surface area contributed by atoms with E-state index in [2.05, 4.69) is 0 Å². The van der Waals surface area contributed by atoms with Gasteiger partial charge in [-0.25, -0.2) is 17.6 Å². The lowest BCUT2D eigenvalue weighted by Crippen LogP contribution is -2.73. The number of hydrogen-bond acceptors (Lipinski definition) is 6. The van der Waals surface area contributed by atoms with Crippen LogP contribution in [0.5, 0.6) is 0 Å². The van der Waals surface area contributed by atoms with Gasteiger partial charge in [0, 0.05) is 22.3 Å². The molecule has 10 heteroatoms. The summed E-state index contributed by atoms with van der Waals surface area (Å²) in [4.78, 5) is 25.6. The number of aliphatic hydroxyl groups excluding tert-OH is 2. The van der Waals surface area contributed by atoms with Gasteiger partial charge in [-0.2, -0.15) is 0 Å². The van der Waals surface area contributed by atoms with Crippen LogP contribution in [0.4, 0.5) is 17.6 Å². The number of carbonyl (C=O) groups is 2. The zero-order valence-corrected chi connectivity index (χ0v) is 21.7. The first-order valence-corrected chi connectivity index (χ1v) is 13.1. The number of carbonyl (C=O) groups excluding carboxylic acids is 2. The van der Waals surface area contributed by atoms with Crippen molar-refractivity contribution in [1.29, 1.82) is 0 Å². The van der Waals surface area contributed by atoms with E-state index in [-0.39, 0.29) is 30.4 Å². The summed E-state index contributed by atoms with van der Waals surface area (Å²) in [6, 6.07) is 3.44. The number of alkyl halides is 2. The fourth-order valence-electron chi connectivity index (χ4n) is 8.82.